The van der Waals surface area contributed by atoms with E-state index in [1.165, 1.54) is 0 Å². The summed E-state index contributed by atoms with van der Waals surface area (Å²) in [5, 5.41) is 11.7. The lowest BCUT2D eigenvalue weighted by atomic mass is 10.1. The number of rotatable bonds is 3. The first-order chi connectivity index (χ1) is 8.78. The first-order valence-electron chi connectivity index (χ1n) is 5.84. The van der Waals surface area contributed by atoms with Crippen LogP contribution in [0.3, 0.4) is 0 Å². The number of aliphatic hydroxyl groups excluding tert-OH is 1. The van der Waals surface area contributed by atoms with Crippen molar-refractivity contribution in [2.45, 2.75) is 6.04 Å². The summed E-state index contributed by atoms with van der Waals surface area (Å²) in [6, 6.07) is 5.43. The fourth-order valence-corrected chi connectivity index (χ4v) is 2.22. The largest absolute Gasteiger partial charge is 0.454 e. The molecule has 1 fully saturated rings. The molecule has 6 nitrogen and oxygen atoms in total. The molecule has 0 bridgehead atoms. The zero-order valence-corrected chi connectivity index (χ0v) is 9.76. The molecule has 2 amide bonds. The molecule has 1 aromatic carbocycles. The van der Waals surface area contributed by atoms with Crippen LogP contribution < -0.4 is 14.8 Å². The number of carbonyl (C=O) groups is 1. The Morgan fingerprint density at radius 1 is 1.39 bits per heavy atom. The van der Waals surface area contributed by atoms with Crippen molar-refractivity contribution in [2.75, 3.05) is 26.5 Å². The Bertz CT molecular complexity index is 477. The fraction of sp³-hybridized carbons (Fsp3) is 0.417. The Balaban J connectivity index is 1.78. The van der Waals surface area contributed by atoms with E-state index in [0.29, 0.717) is 18.8 Å². The summed E-state index contributed by atoms with van der Waals surface area (Å²) in [6.45, 7) is 1.12. The van der Waals surface area contributed by atoms with Crippen LogP contribution in [0.25, 0.3) is 0 Å². The molecule has 2 aliphatic rings. The van der Waals surface area contributed by atoms with Crippen LogP contribution in [0.4, 0.5) is 4.79 Å². The van der Waals surface area contributed by atoms with Crippen LogP contribution in [0.2, 0.25) is 0 Å². The van der Waals surface area contributed by atoms with Crippen LogP contribution in [0, 0.1) is 0 Å². The van der Waals surface area contributed by atoms with Crippen molar-refractivity contribution in [1.29, 1.82) is 0 Å². The molecule has 0 radical (unpaired) electrons. The summed E-state index contributed by atoms with van der Waals surface area (Å²) in [4.78, 5) is 13.2. The SMILES string of the molecule is O=C1NC(c2ccc3c(c2)OCO3)CN1CCO. The highest BCUT2D eigenvalue weighted by atomic mass is 16.7. The maximum Gasteiger partial charge on any atom is 0.318 e. The van der Waals surface area contributed by atoms with Crippen molar-refractivity contribution in [1.82, 2.24) is 10.2 Å². The predicted molar refractivity (Wildman–Crippen MR) is 62.5 cm³/mol. The molecule has 18 heavy (non-hydrogen) atoms. The molecule has 0 aliphatic carbocycles. The van der Waals surface area contributed by atoms with Crippen molar-refractivity contribution in [3.8, 4) is 11.5 Å². The Hall–Kier alpha value is -1.95. The number of hydrogen-bond donors (Lipinski definition) is 2. The van der Waals surface area contributed by atoms with Gasteiger partial charge in [0.25, 0.3) is 0 Å². The minimum atomic E-state index is -0.147. The van der Waals surface area contributed by atoms with E-state index in [4.69, 9.17) is 14.6 Å². The minimum absolute atomic E-state index is 0.0265. The lowest BCUT2D eigenvalue weighted by molar-refractivity contribution is 0.174. The number of benzene rings is 1. The van der Waals surface area contributed by atoms with E-state index < -0.39 is 0 Å². The van der Waals surface area contributed by atoms with Crippen LogP contribution in [0.15, 0.2) is 18.2 Å². The molecule has 2 heterocycles. The van der Waals surface area contributed by atoms with Gasteiger partial charge in [0, 0.05) is 13.1 Å². The number of nitrogens with zero attached hydrogens (tertiary/aromatic N) is 1. The highest BCUT2D eigenvalue weighted by molar-refractivity contribution is 5.77. The molecule has 2 N–H and O–H groups in total. The van der Waals surface area contributed by atoms with Crippen molar-refractivity contribution in [3.63, 3.8) is 0 Å². The number of amides is 2. The molecular weight excluding hydrogens is 236 g/mol. The Morgan fingerprint density at radius 2 is 2.22 bits per heavy atom. The summed E-state index contributed by atoms with van der Waals surface area (Å²) < 4.78 is 10.6. The highest BCUT2D eigenvalue weighted by Crippen LogP contribution is 2.35. The molecule has 2 aliphatic heterocycles. The molecule has 1 aromatic rings. The summed E-state index contributed by atoms with van der Waals surface area (Å²) in [5.41, 5.74) is 0.980. The van der Waals surface area contributed by atoms with Gasteiger partial charge in [-0.25, -0.2) is 4.79 Å². The van der Waals surface area contributed by atoms with Gasteiger partial charge in [0.2, 0.25) is 6.79 Å². The van der Waals surface area contributed by atoms with E-state index >= 15 is 0 Å². The van der Waals surface area contributed by atoms with Gasteiger partial charge in [-0.1, -0.05) is 6.07 Å². The van der Waals surface area contributed by atoms with E-state index in [-0.39, 0.29) is 25.5 Å². The monoisotopic (exact) mass is 250 g/mol. The van der Waals surface area contributed by atoms with Crippen molar-refractivity contribution in [3.05, 3.63) is 23.8 Å². The van der Waals surface area contributed by atoms with Crippen molar-refractivity contribution >= 4 is 6.03 Å². The van der Waals surface area contributed by atoms with Crippen LogP contribution in [-0.2, 0) is 0 Å². The molecule has 1 unspecified atom stereocenters. The van der Waals surface area contributed by atoms with Gasteiger partial charge >= 0.3 is 6.03 Å². The zero-order valence-electron chi connectivity index (χ0n) is 9.76. The number of carbonyl (C=O) groups excluding carboxylic acids is 1. The maximum atomic E-state index is 11.6. The second-order valence-corrected chi connectivity index (χ2v) is 4.28. The zero-order chi connectivity index (χ0) is 12.5. The first-order valence-corrected chi connectivity index (χ1v) is 5.84. The molecule has 0 spiro atoms. The summed E-state index contributed by atoms with van der Waals surface area (Å²) in [5.74, 6) is 1.44. The number of fused-ring (bicyclic) bond motifs is 1. The third-order valence-electron chi connectivity index (χ3n) is 3.16. The summed E-state index contributed by atoms with van der Waals surface area (Å²) in [7, 11) is 0. The Labute approximate surface area is 104 Å². The van der Waals surface area contributed by atoms with Crippen LogP contribution in [0.5, 0.6) is 11.5 Å². The lowest BCUT2D eigenvalue weighted by Gasteiger charge is -2.13. The molecule has 1 saturated heterocycles. The average Bonchev–Trinajstić information content (AvgIpc) is 2.96. The van der Waals surface area contributed by atoms with E-state index in [2.05, 4.69) is 5.32 Å². The Morgan fingerprint density at radius 3 is 3.06 bits per heavy atom. The topological polar surface area (TPSA) is 71.0 Å². The quantitative estimate of drug-likeness (QED) is 0.818. The van der Waals surface area contributed by atoms with Gasteiger partial charge in [-0.3, -0.25) is 0 Å². The number of β-amino-alcohol motifs (C(OH)–C–C–N with tert-alkyl or cyclic N) is 1. The molecule has 3 rings (SSSR count). The lowest BCUT2D eigenvalue weighted by Crippen LogP contribution is -2.30. The van der Waals surface area contributed by atoms with Crippen LogP contribution in [0.1, 0.15) is 11.6 Å². The number of aliphatic hydroxyl groups is 1. The fourth-order valence-electron chi connectivity index (χ4n) is 2.22. The van der Waals surface area contributed by atoms with Gasteiger partial charge in [0.15, 0.2) is 11.5 Å². The maximum absolute atomic E-state index is 11.6. The highest BCUT2D eigenvalue weighted by Gasteiger charge is 2.30. The smallest absolute Gasteiger partial charge is 0.318 e. The van der Waals surface area contributed by atoms with Gasteiger partial charge in [0.05, 0.1) is 12.6 Å². The van der Waals surface area contributed by atoms with Crippen molar-refractivity contribution in [2.24, 2.45) is 0 Å². The first kappa shape index (κ1) is 11.2. The van der Waals surface area contributed by atoms with Gasteiger partial charge in [-0.2, -0.15) is 0 Å². The van der Waals surface area contributed by atoms with E-state index in [0.717, 1.165) is 11.3 Å². The third kappa shape index (κ3) is 1.84. The molecule has 6 heteroatoms. The van der Waals surface area contributed by atoms with Gasteiger partial charge in [-0.05, 0) is 17.7 Å². The molecular formula is C12H14N2O4. The van der Waals surface area contributed by atoms with E-state index in [9.17, 15) is 4.79 Å². The van der Waals surface area contributed by atoms with E-state index in [1.54, 1.807) is 4.90 Å². The second-order valence-electron chi connectivity index (χ2n) is 4.28. The average molecular weight is 250 g/mol. The number of urea groups is 1. The summed E-state index contributed by atoms with van der Waals surface area (Å²) >= 11 is 0. The predicted octanol–water partition coefficient (Wildman–Crippen LogP) is 0.474. The Kier molecular flexibility index (Phi) is 2.71. The van der Waals surface area contributed by atoms with Gasteiger partial charge in [0.1, 0.15) is 0 Å². The number of nitrogens with one attached hydrogen (secondary N) is 1. The number of ether oxygens (including phenoxy) is 2. The third-order valence-corrected chi connectivity index (χ3v) is 3.16. The van der Waals surface area contributed by atoms with Crippen LogP contribution >= 0.6 is 0 Å². The molecule has 1 atom stereocenters. The number of hydrogen-bond acceptors (Lipinski definition) is 4. The van der Waals surface area contributed by atoms with Crippen molar-refractivity contribution < 1.29 is 19.4 Å². The molecule has 0 saturated carbocycles. The van der Waals surface area contributed by atoms with Gasteiger partial charge < -0.3 is 24.8 Å². The van der Waals surface area contributed by atoms with Gasteiger partial charge in [-0.15, -0.1) is 0 Å². The second kappa shape index (κ2) is 4.38. The summed E-state index contributed by atoms with van der Waals surface area (Å²) in [6.07, 6.45) is 0. The molecule has 96 valence electrons. The standard InChI is InChI=1S/C12H14N2O4/c15-4-3-14-6-9(13-12(14)16)8-1-2-10-11(5-8)18-7-17-10/h1-2,5,9,15H,3-4,6-7H2,(H,13,16). The minimum Gasteiger partial charge on any atom is -0.454 e. The van der Waals surface area contributed by atoms with E-state index in [1.807, 2.05) is 18.2 Å². The normalized spacial score (nSPS) is 21.3. The molecule has 0 aromatic heterocycles. The van der Waals surface area contributed by atoms with Crippen LogP contribution in [-0.4, -0.2) is 42.5 Å².